The summed E-state index contributed by atoms with van der Waals surface area (Å²) < 4.78 is 0. The van der Waals surface area contributed by atoms with Crippen LogP contribution in [0.15, 0.2) is 23.8 Å². The van der Waals surface area contributed by atoms with Gasteiger partial charge in [0, 0.05) is 0 Å². The second-order valence-corrected chi connectivity index (χ2v) is 5.54. The van der Waals surface area contributed by atoms with Crippen molar-refractivity contribution in [2.75, 3.05) is 0 Å². The fourth-order valence-corrected chi connectivity index (χ4v) is 1.41. The fraction of sp³-hybridized carbons (Fsp3) is 0.714. The van der Waals surface area contributed by atoms with Crippen LogP contribution in [0.3, 0.4) is 0 Å². The van der Waals surface area contributed by atoms with Gasteiger partial charge in [-0.2, -0.15) is 0 Å². The van der Waals surface area contributed by atoms with Gasteiger partial charge in [0.1, 0.15) is 0 Å². The van der Waals surface area contributed by atoms with Crippen molar-refractivity contribution < 1.29 is 5.11 Å². The summed E-state index contributed by atoms with van der Waals surface area (Å²) in [5, 5.41) is 8.52. The summed E-state index contributed by atoms with van der Waals surface area (Å²) in [4.78, 5) is 0. The van der Waals surface area contributed by atoms with E-state index < -0.39 is 5.60 Å². The Morgan fingerprint density at radius 2 is 1.93 bits per heavy atom. The lowest BCUT2D eigenvalue weighted by Crippen LogP contribution is -2.10. The molecule has 0 amide bonds. The van der Waals surface area contributed by atoms with Crippen LogP contribution in [0.4, 0.5) is 0 Å². The molecule has 1 nitrogen and oxygen atoms in total. The molecular weight excluding hydrogens is 184 g/mol. The first-order valence-electron chi connectivity index (χ1n) is 5.73. The van der Waals surface area contributed by atoms with Gasteiger partial charge in [-0.05, 0) is 59.8 Å². The van der Waals surface area contributed by atoms with E-state index in [4.69, 9.17) is 5.11 Å². The number of rotatable bonds is 1. The Balaban J connectivity index is 0.000000336. The largest absolute Gasteiger partial charge is 0.391 e. The van der Waals surface area contributed by atoms with Gasteiger partial charge >= 0.3 is 0 Å². The Morgan fingerprint density at radius 3 is 2.20 bits per heavy atom. The fourth-order valence-electron chi connectivity index (χ4n) is 1.41. The van der Waals surface area contributed by atoms with Crippen LogP contribution in [0.1, 0.15) is 53.9 Å². The van der Waals surface area contributed by atoms with E-state index in [1.165, 1.54) is 24.8 Å². The number of hydrogen-bond donors (Lipinski definition) is 1. The Labute approximate surface area is 94.9 Å². The summed E-state index contributed by atoms with van der Waals surface area (Å²) in [6, 6.07) is 0. The third kappa shape index (κ3) is 9.74. The molecule has 0 spiro atoms. The SMILES string of the molecule is C=C(C)[C@H]1CC=C(C)CC1.CC(C)(C)O. The molecule has 15 heavy (non-hydrogen) atoms. The molecule has 0 aromatic heterocycles. The molecule has 0 radical (unpaired) electrons. The third-order valence-electron chi connectivity index (χ3n) is 2.33. The summed E-state index contributed by atoms with van der Waals surface area (Å²) in [5.74, 6) is 0.767. The molecule has 0 bridgehead atoms. The van der Waals surface area contributed by atoms with Gasteiger partial charge in [0.2, 0.25) is 0 Å². The highest BCUT2D eigenvalue weighted by atomic mass is 16.3. The van der Waals surface area contributed by atoms with E-state index in [2.05, 4.69) is 26.5 Å². The molecule has 0 unspecified atom stereocenters. The number of hydrogen-bond acceptors (Lipinski definition) is 1. The zero-order chi connectivity index (χ0) is 12.1. The first kappa shape index (κ1) is 14.4. The molecule has 1 aliphatic rings. The van der Waals surface area contributed by atoms with Gasteiger partial charge in [0.05, 0.1) is 5.60 Å². The zero-order valence-electron chi connectivity index (χ0n) is 10.9. The molecule has 1 heteroatoms. The Morgan fingerprint density at radius 1 is 1.47 bits per heavy atom. The standard InChI is InChI=1S/C10H16.C4H10O/c1-8(2)10-6-4-9(3)5-7-10;1-4(2,3)5/h4,10H,1,5-7H2,2-3H3;5H,1-3H3/t10-;/m0./s1. The number of aliphatic hydroxyl groups is 1. The molecule has 1 rings (SSSR count). The van der Waals surface area contributed by atoms with Crippen molar-refractivity contribution in [3.63, 3.8) is 0 Å². The molecule has 88 valence electrons. The summed E-state index contributed by atoms with van der Waals surface area (Å²) in [5.41, 5.74) is 2.40. The number of allylic oxidation sites excluding steroid dienone is 3. The first-order chi connectivity index (χ1) is 6.70. The third-order valence-corrected chi connectivity index (χ3v) is 2.33. The van der Waals surface area contributed by atoms with Crippen LogP contribution < -0.4 is 0 Å². The molecular formula is C14H26O. The highest BCUT2D eigenvalue weighted by Gasteiger charge is 2.11. The van der Waals surface area contributed by atoms with Gasteiger partial charge in [0.15, 0.2) is 0 Å². The van der Waals surface area contributed by atoms with Crippen LogP contribution in [-0.4, -0.2) is 10.7 Å². The van der Waals surface area contributed by atoms with Crippen LogP contribution >= 0.6 is 0 Å². The van der Waals surface area contributed by atoms with Crippen LogP contribution in [0.5, 0.6) is 0 Å². The molecule has 0 saturated carbocycles. The van der Waals surface area contributed by atoms with Crippen molar-refractivity contribution in [1.82, 2.24) is 0 Å². The second kappa shape index (κ2) is 6.12. The molecule has 0 aromatic carbocycles. The lowest BCUT2D eigenvalue weighted by Gasteiger charge is -2.19. The zero-order valence-corrected chi connectivity index (χ0v) is 10.9. The van der Waals surface area contributed by atoms with Gasteiger partial charge in [-0.1, -0.05) is 23.8 Å². The molecule has 1 atom stereocenters. The average molecular weight is 210 g/mol. The van der Waals surface area contributed by atoms with E-state index in [0.29, 0.717) is 0 Å². The molecule has 0 aliphatic heterocycles. The molecule has 1 aliphatic carbocycles. The topological polar surface area (TPSA) is 20.2 Å². The monoisotopic (exact) mass is 210 g/mol. The predicted molar refractivity (Wildman–Crippen MR) is 67.9 cm³/mol. The Bertz CT molecular complexity index is 224. The van der Waals surface area contributed by atoms with E-state index in [0.717, 1.165) is 5.92 Å². The van der Waals surface area contributed by atoms with E-state index in [1.807, 2.05) is 0 Å². The molecule has 0 fully saturated rings. The van der Waals surface area contributed by atoms with Crippen molar-refractivity contribution in [3.8, 4) is 0 Å². The van der Waals surface area contributed by atoms with Crippen molar-refractivity contribution in [2.45, 2.75) is 59.5 Å². The van der Waals surface area contributed by atoms with E-state index in [9.17, 15) is 0 Å². The average Bonchev–Trinajstić information content (AvgIpc) is 2.01. The van der Waals surface area contributed by atoms with Gasteiger partial charge in [-0.3, -0.25) is 0 Å². The minimum atomic E-state index is -0.500. The van der Waals surface area contributed by atoms with Gasteiger partial charge in [-0.15, -0.1) is 0 Å². The summed E-state index contributed by atoms with van der Waals surface area (Å²) >= 11 is 0. The minimum absolute atomic E-state index is 0.500. The summed E-state index contributed by atoms with van der Waals surface area (Å²) in [7, 11) is 0. The van der Waals surface area contributed by atoms with Crippen LogP contribution in [0.2, 0.25) is 0 Å². The molecule has 0 heterocycles. The lowest BCUT2D eigenvalue weighted by molar-refractivity contribution is 0.102. The minimum Gasteiger partial charge on any atom is -0.391 e. The molecule has 0 saturated heterocycles. The van der Waals surface area contributed by atoms with Crippen molar-refractivity contribution in [2.24, 2.45) is 5.92 Å². The first-order valence-corrected chi connectivity index (χ1v) is 5.73. The van der Waals surface area contributed by atoms with Crippen molar-refractivity contribution in [3.05, 3.63) is 23.8 Å². The highest BCUT2D eigenvalue weighted by Crippen LogP contribution is 2.27. The molecule has 1 N–H and O–H groups in total. The maximum atomic E-state index is 8.52. The Kier molecular flexibility index (Phi) is 5.89. The van der Waals surface area contributed by atoms with Crippen molar-refractivity contribution in [1.29, 1.82) is 0 Å². The van der Waals surface area contributed by atoms with Gasteiger partial charge in [-0.25, -0.2) is 0 Å². The normalized spacial score (nSPS) is 21.2. The summed E-state index contributed by atoms with van der Waals surface area (Å²) in [6.07, 6.45) is 6.17. The smallest absolute Gasteiger partial charge is 0.0563 e. The van der Waals surface area contributed by atoms with Crippen molar-refractivity contribution >= 4 is 0 Å². The second-order valence-electron chi connectivity index (χ2n) is 5.54. The van der Waals surface area contributed by atoms with Crippen LogP contribution in [0.25, 0.3) is 0 Å². The van der Waals surface area contributed by atoms with E-state index >= 15 is 0 Å². The summed E-state index contributed by atoms with van der Waals surface area (Å²) in [6.45, 7) is 13.6. The maximum Gasteiger partial charge on any atom is 0.0563 e. The van der Waals surface area contributed by atoms with Gasteiger partial charge < -0.3 is 5.11 Å². The lowest BCUT2D eigenvalue weighted by atomic mass is 9.86. The quantitative estimate of drug-likeness (QED) is 0.646. The highest BCUT2D eigenvalue weighted by molar-refractivity contribution is 5.09. The van der Waals surface area contributed by atoms with E-state index in [-0.39, 0.29) is 0 Å². The Hall–Kier alpha value is -0.560. The van der Waals surface area contributed by atoms with Crippen LogP contribution in [0, 0.1) is 5.92 Å². The van der Waals surface area contributed by atoms with Gasteiger partial charge in [0.25, 0.3) is 0 Å². The maximum absolute atomic E-state index is 8.52. The van der Waals surface area contributed by atoms with E-state index in [1.54, 1.807) is 26.3 Å². The van der Waals surface area contributed by atoms with Crippen LogP contribution in [-0.2, 0) is 0 Å². The molecule has 0 aromatic rings. The predicted octanol–water partition coefficient (Wildman–Crippen LogP) is 4.09.